The minimum Gasteiger partial charge on any atom is -0.448 e. The molecule has 2 aliphatic rings. The average Bonchev–Trinajstić information content (AvgIpc) is 3.44. The quantitative estimate of drug-likeness (QED) is 0.845. The first-order chi connectivity index (χ1) is 13.0. The van der Waals surface area contributed by atoms with Gasteiger partial charge in [0.1, 0.15) is 5.76 Å². The number of oxazole rings is 1. The Hall–Kier alpha value is -2.19. The van der Waals surface area contributed by atoms with Crippen LogP contribution >= 0.6 is 0 Å². The lowest BCUT2D eigenvalue weighted by Crippen LogP contribution is -2.53. The summed E-state index contributed by atoms with van der Waals surface area (Å²) in [6, 6.07) is 9.53. The minimum absolute atomic E-state index is 0.0298. The summed E-state index contributed by atoms with van der Waals surface area (Å²) in [7, 11) is -3.36. The van der Waals surface area contributed by atoms with Crippen molar-refractivity contribution >= 4 is 15.9 Å². The van der Waals surface area contributed by atoms with Crippen LogP contribution in [0.1, 0.15) is 47.0 Å². The maximum Gasteiger partial charge on any atom is 0.276 e. The summed E-state index contributed by atoms with van der Waals surface area (Å²) in [5, 5.41) is -0.294. The third kappa shape index (κ3) is 3.77. The number of benzene rings is 1. The fourth-order valence-electron chi connectivity index (χ4n) is 3.70. The molecule has 1 N–H and O–H groups in total. The number of amides is 1. The molecule has 2 fully saturated rings. The molecule has 144 valence electrons. The summed E-state index contributed by atoms with van der Waals surface area (Å²) in [4.78, 5) is 18.5. The molecule has 1 amide bonds. The molecular weight excluding hydrogens is 366 g/mol. The Labute approximate surface area is 158 Å². The van der Waals surface area contributed by atoms with Crippen LogP contribution in [0.3, 0.4) is 0 Å². The monoisotopic (exact) mass is 389 g/mol. The summed E-state index contributed by atoms with van der Waals surface area (Å²) in [5.41, 5.74) is 1.38. The van der Waals surface area contributed by atoms with Crippen LogP contribution in [0.25, 0.3) is 0 Å². The fourth-order valence-corrected chi connectivity index (χ4v) is 5.31. The normalized spacial score (nSPS) is 23.4. The van der Waals surface area contributed by atoms with Crippen LogP contribution in [-0.4, -0.2) is 48.6 Å². The second-order valence-corrected chi connectivity index (χ2v) is 9.28. The Morgan fingerprint density at radius 3 is 2.59 bits per heavy atom. The van der Waals surface area contributed by atoms with Crippen molar-refractivity contribution in [3.8, 4) is 0 Å². The number of piperidine rings is 1. The van der Waals surface area contributed by atoms with Crippen molar-refractivity contribution in [2.45, 2.75) is 43.4 Å². The van der Waals surface area contributed by atoms with Crippen LogP contribution in [-0.2, 0) is 10.0 Å². The van der Waals surface area contributed by atoms with Crippen molar-refractivity contribution in [1.29, 1.82) is 0 Å². The van der Waals surface area contributed by atoms with E-state index in [4.69, 9.17) is 4.42 Å². The summed E-state index contributed by atoms with van der Waals surface area (Å²) >= 11 is 0. The zero-order chi connectivity index (χ0) is 19.0. The van der Waals surface area contributed by atoms with Gasteiger partial charge < -0.3 is 9.32 Å². The number of aryl methyl sites for hydroxylation is 1. The highest BCUT2D eigenvalue weighted by atomic mass is 32.2. The molecule has 8 heteroatoms. The average molecular weight is 389 g/mol. The summed E-state index contributed by atoms with van der Waals surface area (Å²) < 4.78 is 33.1. The molecule has 1 aliphatic carbocycles. The maximum atomic E-state index is 12.8. The molecular formula is C19H23N3O4S. The summed E-state index contributed by atoms with van der Waals surface area (Å²) in [6.45, 7) is 2.56. The van der Waals surface area contributed by atoms with E-state index < -0.39 is 10.0 Å². The zero-order valence-electron chi connectivity index (χ0n) is 15.2. The van der Waals surface area contributed by atoms with Crippen molar-refractivity contribution in [3.05, 3.63) is 53.7 Å². The highest BCUT2D eigenvalue weighted by Gasteiger charge is 2.41. The highest BCUT2D eigenvalue weighted by molar-refractivity contribution is 7.90. The Morgan fingerprint density at radius 2 is 1.96 bits per heavy atom. The zero-order valence-corrected chi connectivity index (χ0v) is 16.0. The van der Waals surface area contributed by atoms with Crippen molar-refractivity contribution in [2.75, 3.05) is 13.1 Å². The van der Waals surface area contributed by atoms with E-state index in [0.717, 1.165) is 5.56 Å². The molecule has 1 aromatic carbocycles. The number of aromatic nitrogens is 1. The van der Waals surface area contributed by atoms with Gasteiger partial charge in [0, 0.05) is 25.0 Å². The topological polar surface area (TPSA) is 92.5 Å². The molecule has 27 heavy (non-hydrogen) atoms. The second-order valence-electron chi connectivity index (χ2n) is 7.28. The second kappa shape index (κ2) is 7.09. The molecule has 1 aromatic heterocycles. The molecule has 2 heterocycles. The number of likely N-dealkylation sites (tertiary alicyclic amines) is 1. The Kier molecular flexibility index (Phi) is 4.77. The third-order valence-corrected chi connectivity index (χ3v) is 7.33. The standard InChI is InChI=1S/C19H23N3O4S/c1-13-18(20-12-26-13)19(23)22-10-9-16(14-5-3-2-4-6-14)17(11-22)21-27(24,25)15-7-8-15/h2-6,12,15-17,21H,7-11H2,1H3/t16-,17-/m0/s1. The molecule has 1 saturated carbocycles. The lowest BCUT2D eigenvalue weighted by Gasteiger charge is -2.39. The third-order valence-electron chi connectivity index (χ3n) is 5.35. The lowest BCUT2D eigenvalue weighted by atomic mass is 9.85. The summed E-state index contributed by atoms with van der Waals surface area (Å²) in [6.07, 6.45) is 3.36. The van der Waals surface area contributed by atoms with Gasteiger partial charge in [0.15, 0.2) is 12.1 Å². The number of nitrogens with one attached hydrogen (secondary N) is 1. The van der Waals surface area contributed by atoms with Crippen molar-refractivity contribution in [1.82, 2.24) is 14.6 Å². The van der Waals surface area contributed by atoms with E-state index >= 15 is 0 Å². The first-order valence-electron chi connectivity index (χ1n) is 9.21. The van der Waals surface area contributed by atoms with Crippen LogP contribution in [0.15, 0.2) is 41.1 Å². The molecule has 0 bridgehead atoms. The van der Waals surface area contributed by atoms with Crippen molar-refractivity contribution in [2.24, 2.45) is 0 Å². The van der Waals surface area contributed by atoms with Gasteiger partial charge in [-0.15, -0.1) is 0 Å². The first-order valence-corrected chi connectivity index (χ1v) is 10.8. The fraction of sp³-hybridized carbons (Fsp3) is 0.474. The molecule has 0 spiro atoms. The molecule has 2 aromatic rings. The molecule has 4 rings (SSSR count). The van der Waals surface area contributed by atoms with Gasteiger partial charge in [-0.05, 0) is 31.7 Å². The number of carbonyl (C=O) groups is 1. The number of carbonyl (C=O) groups excluding carboxylic acids is 1. The predicted molar refractivity (Wildman–Crippen MR) is 99.8 cm³/mol. The van der Waals surface area contributed by atoms with Gasteiger partial charge >= 0.3 is 0 Å². The van der Waals surface area contributed by atoms with Gasteiger partial charge in [-0.25, -0.2) is 18.1 Å². The lowest BCUT2D eigenvalue weighted by molar-refractivity contribution is 0.0679. The number of hydrogen-bond acceptors (Lipinski definition) is 5. The molecule has 2 atom stereocenters. The van der Waals surface area contributed by atoms with Gasteiger partial charge in [0.05, 0.1) is 5.25 Å². The molecule has 0 radical (unpaired) electrons. The Bertz CT molecular complexity index is 921. The van der Waals surface area contributed by atoms with Crippen LogP contribution in [0, 0.1) is 6.92 Å². The van der Waals surface area contributed by atoms with E-state index in [2.05, 4.69) is 9.71 Å². The SMILES string of the molecule is Cc1ocnc1C(=O)N1CC[C@@H](c2ccccc2)[C@@H](NS(=O)(=O)C2CC2)C1. The summed E-state index contributed by atoms with van der Waals surface area (Å²) in [5.74, 6) is 0.283. The van der Waals surface area contributed by atoms with E-state index in [9.17, 15) is 13.2 Å². The van der Waals surface area contributed by atoms with Gasteiger partial charge in [-0.2, -0.15) is 0 Å². The molecule has 7 nitrogen and oxygen atoms in total. The van der Waals surface area contributed by atoms with Gasteiger partial charge in [-0.1, -0.05) is 30.3 Å². The van der Waals surface area contributed by atoms with E-state index in [1.165, 1.54) is 6.39 Å². The predicted octanol–water partition coefficient (Wildman–Crippen LogP) is 2.06. The highest BCUT2D eigenvalue weighted by Crippen LogP contribution is 2.33. The minimum atomic E-state index is -3.36. The van der Waals surface area contributed by atoms with E-state index in [1.807, 2.05) is 30.3 Å². The smallest absolute Gasteiger partial charge is 0.276 e. The van der Waals surface area contributed by atoms with Gasteiger partial charge in [0.25, 0.3) is 5.91 Å². The molecule has 1 saturated heterocycles. The van der Waals surface area contributed by atoms with E-state index in [0.29, 0.717) is 38.1 Å². The number of rotatable bonds is 5. The number of nitrogens with zero attached hydrogens (tertiary/aromatic N) is 2. The Morgan fingerprint density at radius 1 is 1.22 bits per heavy atom. The van der Waals surface area contributed by atoms with Crippen LogP contribution in [0.2, 0.25) is 0 Å². The van der Waals surface area contributed by atoms with Crippen molar-refractivity contribution < 1.29 is 17.6 Å². The van der Waals surface area contributed by atoms with Crippen LogP contribution < -0.4 is 4.72 Å². The molecule has 0 unspecified atom stereocenters. The first kappa shape index (κ1) is 18.2. The van der Waals surface area contributed by atoms with Gasteiger partial charge in [0.2, 0.25) is 10.0 Å². The van der Waals surface area contributed by atoms with E-state index in [1.54, 1.807) is 11.8 Å². The van der Waals surface area contributed by atoms with Crippen LogP contribution in [0.5, 0.6) is 0 Å². The number of sulfonamides is 1. The van der Waals surface area contributed by atoms with E-state index in [-0.39, 0.29) is 28.8 Å². The van der Waals surface area contributed by atoms with Gasteiger partial charge in [-0.3, -0.25) is 4.79 Å². The van der Waals surface area contributed by atoms with Crippen molar-refractivity contribution in [3.63, 3.8) is 0 Å². The number of hydrogen-bond donors (Lipinski definition) is 1. The maximum absolute atomic E-state index is 12.8. The Balaban J connectivity index is 1.58. The molecule has 1 aliphatic heterocycles. The largest absolute Gasteiger partial charge is 0.448 e. The van der Waals surface area contributed by atoms with Crippen LogP contribution in [0.4, 0.5) is 0 Å².